The molecule has 0 bridgehead atoms. The average Bonchev–Trinajstić information content (AvgIpc) is 2.87. The lowest BCUT2D eigenvalue weighted by atomic mass is 10.1. The topological polar surface area (TPSA) is 59.6 Å². The zero-order valence-corrected chi connectivity index (χ0v) is 15.9. The molecule has 25 heavy (non-hydrogen) atoms. The Morgan fingerprint density at radius 3 is 2.32 bits per heavy atom. The van der Waals surface area contributed by atoms with Crippen LogP contribution < -0.4 is 20.1 Å². The van der Waals surface area contributed by atoms with E-state index in [4.69, 9.17) is 9.47 Å². The van der Waals surface area contributed by atoms with E-state index in [1.807, 2.05) is 31.2 Å². The number of hydrogen-bond donors (Lipinski definition) is 2. The fourth-order valence-electron chi connectivity index (χ4n) is 3.00. The summed E-state index contributed by atoms with van der Waals surface area (Å²) in [4.78, 5) is 11.9. The first-order valence-corrected chi connectivity index (χ1v) is 9.14. The molecular weight excluding hydrogens is 340 g/mol. The van der Waals surface area contributed by atoms with Gasteiger partial charge in [0.15, 0.2) is 18.1 Å². The number of ether oxygens (including phenoxy) is 2. The van der Waals surface area contributed by atoms with Gasteiger partial charge in [-0.1, -0.05) is 37.8 Å². The monoisotopic (exact) mass is 370 g/mol. The van der Waals surface area contributed by atoms with Crippen LogP contribution in [0.15, 0.2) is 24.3 Å². The van der Waals surface area contributed by atoms with Crippen molar-refractivity contribution in [1.82, 2.24) is 10.6 Å². The molecule has 1 aliphatic rings. The number of amides is 1. The Morgan fingerprint density at radius 1 is 1.04 bits per heavy atom. The molecule has 6 heteroatoms. The number of hydrogen-bond acceptors (Lipinski definition) is 4. The van der Waals surface area contributed by atoms with Gasteiger partial charge in [0.05, 0.1) is 6.61 Å². The first-order chi connectivity index (χ1) is 11.8. The zero-order valence-electron chi connectivity index (χ0n) is 15.1. The van der Waals surface area contributed by atoms with Crippen LogP contribution in [-0.4, -0.2) is 38.3 Å². The molecule has 0 saturated heterocycles. The minimum atomic E-state index is -0.107. The average molecular weight is 371 g/mol. The number of benzene rings is 1. The summed E-state index contributed by atoms with van der Waals surface area (Å²) >= 11 is 0. The van der Waals surface area contributed by atoms with Crippen molar-refractivity contribution in [1.29, 1.82) is 0 Å². The zero-order chi connectivity index (χ0) is 17.0. The Morgan fingerprint density at radius 2 is 1.68 bits per heavy atom. The Bertz CT molecular complexity index is 491. The van der Waals surface area contributed by atoms with Crippen molar-refractivity contribution in [3.8, 4) is 11.5 Å². The van der Waals surface area contributed by atoms with Gasteiger partial charge in [0.1, 0.15) is 0 Å². The van der Waals surface area contributed by atoms with Gasteiger partial charge < -0.3 is 20.1 Å². The van der Waals surface area contributed by atoms with Gasteiger partial charge in [-0.05, 0) is 31.9 Å². The van der Waals surface area contributed by atoms with E-state index in [1.54, 1.807) is 0 Å². The predicted molar refractivity (Wildman–Crippen MR) is 103 cm³/mol. The molecule has 0 unspecified atom stereocenters. The van der Waals surface area contributed by atoms with Crippen LogP contribution in [0, 0.1) is 0 Å². The van der Waals surface area contributed by atoms with E-state index in [0.29, 0.717) is 30.7 Å². The first-order valence-electron chi connectivity index (χ1n) is 9.14. The van der Waals surface area contributed by atoms with Crippen LogP contribution >= 0.6 is 12.4 Å². The summed E-state index contributed by atoms with van der Waals surface area (Å²) in [5.74, 6) is 1.16. The summed E-state index contributed by atoms with van der Waals surface area (Å²) < 4.78 is 11.0. The molecule has 2 N–H and O–H groups in total. The largest absolute Gasteiger partial charge is 0.490 e. The van der Waals surface area contributed by atoms with Gasteiger partial charge in [-0.3, -0.25) is 4.79 Å². The minimum Gasteiger partial charge on any atom is -0.490 e. The summed E-state index contributed by atoms with van der Waals surface area (Å²) in [7, 11) is 0. The molecule has 1 aromatic carbocycles. The van der Waals surface area contributed by atoms with Gasteiger partial charge in [-0.15, -0.1) is 12.4 Å². The van der Waals surface area contributed by atoms with Gasteiger partial charge in [-0.25, -0.2) is 0 Å². The molecule has 0 atom stereocenters. The Balaban J connectivity index is 0.00000312. The second-order valence-electron chi connectivity index (χ2n) is 6.16. The summed E-state index contributed by atoms with van der Waals surface area (Å²) in [6.45, 7) is 3.94. The lowest BCUT2D eigenvalue weighted by Crippen LogP contribution is -2.38. The molecule has 1 fully saturated rings. The lowest BCUT2D eigenvalue weighted by Gasteiger charge is -2.16. The van der Waals surface area contributed by atoms with Crippen LogP contribution in [0.4, 0.5) is 0 Å². The molecule has 1 aliphatic carbocycles. The smallest absolute Gasteiger partial charge is 0.257 e. The third-order valence-corrected chi connectivity index (χ3v) is 4.24. The number of carbonyl (C=O) groups excluding carboxylic acids is 1. The van der Waals surface area contributed by atoms with Crippen molar-refractivity contribution in [3.05, 3.63) is 24.3 Å². The van der Waals surface area contributed by atoms with E-state index in [2.05, 4.69) is 10.6 Å². The van der Waals surface area contributed by atoms with E-state index >= 15 is 0 Å². The van der Waals surface area contributed by atoms with Gasteiger partial charge in [0.25, 0.3) is 5.91 Å². The molecule has 142 valence electrons. The quantitative estimate of drug-likeness (QED) is 0.517. The fraction of sp³-hybridized carbons (Fsp3) is 0.632. The van der Waals surface area contributed by atoms with Crippen molar-refractivity contribution in [3.63, 3.8) is 0 Å². The molecule has 5 nitrogen and oxygen atoms in total. The first kappa shape index (κ1) is 21.6. The molecule has 2 rings (SSSR count). The highest BCUT2D eigenvalue weighted by Crippen LogP contribution is 2.26. The normalized spacial score (nSPS) is 14.9. The number of carbonyl (C=O) groups is 1. The van der Waals surface area contributed by atoms with Gasteiger partial charge >= 0.3 is 0 Å². The molecule has 0 aromatic heterocycles. The number of rotatable bonds is 9. The summed E-state index contributed by atoms with van der Waals surface area (Å²) in [6.07, 6.45) is 7.86. The second-order valence-corrected chi connectivity index (χ2v) is 6.16. The Labute approximate surface area is 157 Å². The number of halogens is 1. The van der Waals surface area contributed by atoms with E-state index < -0.39 is 0 Å². The highest BCUT2D eigenvalue weighted by atomic mass is 35.5. The van der Waals surface area contributed by atoms with Crippen molar-refractivity contribution in [2.75, 3.05) is 26.3 Å². The molecule has 0 heterocycles. The Hall–Kier alpha value is -1.46. The maximum absolute atomic E-state index is 11.9. The lowest BCUT2D eigenvalue weighted by molar-refractivity contribution is -0.123. The van der Waals surface area contributed by atoms with Crippen LogP contribution in [0.25, 0.3) is 0 Å². The summed E-state index contributed by atoms with van der Waals surface area (Å²) in [5, 5.41) is 6.43. The van der Waals surface area contributed by atoms with Gasteiger partial charge in [0.2, 0.25) is 0 Å². The van der Waals surface area contributed by atoms with Gasteiger partial charge in [-0.2, -0.15) is 0 Å². The third kappa shape index (κ3) is 8.45. The molecule has 1 amide bonds. The summed E-state index contributed by atoms with van der Waals surface area (Å²) in [6, 6.07) is 8.02. The standard InChI is InChI=1S/C19H30N2O3.ClH/c1-2-23-17-11-7-8-12-18(17)24-15-19(22)21-14-13-20-16-9-5-3-4-6-10-16;/h7-8,11-12,16,20H,2-6,9-10,13-15H2,1H3,(H,21,22);1H. The molecule has 0 aliphatic heterocycles. The highest BCUT2D eigenvalue weighted by Gasteiger charge is 2.11. The molecule has 1 saturated carbocycles. The van der Waals surface area contributed by atoms with Crippen molar-refractivity contribution >= 4 is 18.3 Å². The van der Waals surface area contributed by atoms with Crippen molar-refractivity contribution < 1.29 is 14.3 Å². The second kappa shape index (κ2) is 12.8. The Kier molecular flexibility index (Phi) is 11.1. The minimum absolute atomic E-state index is 0. The fourth-order valence-corrected chi connectivity index (χ4v) is 3.00. The maximum atomic E-state index is 11.9. The van der Waals surface area contributed by atoms with E-state index in [-0.39, 0.29) is 24.9 Å². The van der Waals surface area contributed by atoms with Crippen molar-refractivity contribution in [2.24, 2.45) is 0 Å². The number of para-hydroxylation sites is 2. The number of nitrogens with one attached hydrogen (secondary N) is 2. The van der Waals surface area contributed by atoms with Crippen molar-refractivity contribution in [2.45, 2.75) is 51.5 Å². The summed E-state index contributed by atoms with van der Waals surface area (Å²) in [5.41, 5.74) is 0. The highest BCUT2D eigenvalue weighted by molar-refractivity contribution is 5.85. The van der Waals surface area contributed by atoms with E-state index in [0.717, 1.165) is 6.54 Å². The van der Waals surface area contributed by atoms with Crippen LogP contribution in [0.2, 0.25) is 0 Å². The van der Waals surface area contributed by atoms with Crippen LogP contribution in [0.3, 0.4) is 0 Å². The molecular formula is C19H31ClN2O3. The SMILES string of the molecule is CCOc1ccccc1OCC(=O)NCCNC1CCCCCC1.Cl. The van der Waals surface area contributed by atoms with Crippen LogP contribution in [-0.2, 0) is 4.79 Å². The predicted octanol–water partition coefficient (Wildman–Crippen LogP) is 3.31. The third-order valence-electron chi connectivity index (χ3n) is 4.24. The molecule has 1 aromatic rings. The maximum Gasteiger partial charge on any atom is 0.257 e. The van der Waals surface area contributed by atoms with E-state index in [1.165, 1.54) is 38.5 Å². The van der Waals surface area contributed by atoms with Crippen LogP contribution in [0.5, 0.6) is 11.5 Å². The molecule has 0 radical (unpaired) electrons. The van der Waals surface area contributed by atoms with Gasteiger partial charge in [0, 0.05) is 19.1 Å². The van der Waals surface area contributed by atoms with Crippen LogP contribution in [0.1, 0.15) is 45.4 Å². The molecule has 0 spiro atoms. The van der Waals surface area contributed by atoms with E-state index in [9.17, 15) is 4.79 Å².